The third-order valence-corrected chi connectivity index (χ3v) is 4.89. The molecule has 2 atom stereocenters. The second-order valence-corrected chi connectivity index (χ2v) is 6.66. The van der Waals surface area contributed by atoms with Crippen LogP contribution in [0.15, 0.2) is 0 Å². The fourth-order valence-corrected chi connectivity index (χ4v) is 3.72. The van der Waals surface area contributed by atoms with Crippen LogP contribution in [0.3, 0.4) is 0 Å². The molecule has 2 rings (SSSR count). The highest BCUT2D eigenvalue weighted by molar-refractivity contribution is 4.97. The Morgan fingerprint density at radius 3 is 2.63 bits per heavy atom. The van der Waals surface area contributed by atoms with Crippen molar-refractivity contribution >= 4 is 0 Å². The highest BCUT2D eigenvalue weighted by Gasteiger charge is 2.38. The van der Waals surface area contributed by atoms with Crippen molar-refractivity contribution in [3.63, 3.8) is 0 Å². The molecular formula is C16H32N2O. The molecule has 0 aromatic heterocycles. The quantitative estimate of drug-likeness (QED) is 0.709. The molecule has 2 aliphatic carbocycles. The van der Waals surface area contributed by atoms with Crippen molar-refractivity contribution < 1.29 is 5.11 Å². The van der Waals surface area contributed by atoms with E-state index in [2.05, 4.69) is 24.1 Å². The summed E-state index contributed by atoms with van der Waals surface area (Å²) in [5, 5.41) is 13.4. The molecule has 2 N–H and O–H groups in total. The van der Waals surface area contributed by atoms with Crippen LogP contribution in [0, 0.1) is 5.92 Å². The topological polar surface area (TPSA) is 35.5 Å². The first-order chi connectivity index (χ1) is 9.23. The number of hydrogen-bond acceptors (Lipinski definition) is 3. The Morgan fingerprint density at radius 2 is 2.05 bits per heavy atom. The van der Waals surface area contributed by atoms with Gasteiger partial charge in [0.05, 0.1) is 6.61 Å². The van der Waals surface area contributed by atoms with E-state index in [1.807, 2.05) is 0 Å². The van der Waals surface area contributed by atoms with Gasteiger partial charge in [-0.2, -0.15) is 0 Å². The molecule has 2 saturated carbocycles. The Hall–Kier alpha value is -0.120. The molecule has 0 aromatic rings. The van der Waals surface area contributed by atoms with Crippen molar-refractivity contribution in [2.45, 2.75) is 70.4 Å². The van der Waals surface area contributed by atoms with Crippen LogP contribution in [-0.2, 0) is 0 Å². The summed E-state index contributed by atoms with van der Waals surface area (Å²) in [4.78, 5) is 2.72. The molecule has 0 spiro atoms. The zero-order valence-corrected chi connectivity index (χ0v) is 12.8. The van der Waals surface area contributed by atoms with Gasteiger partial charge in [0.25, 0.3) is 0 Å². The van der Waals surface area contributed by atoms with Gasteiger partial charge in [-0.25, -0.2) is 0 Å². The molecular weight excluding hydrogens is 236 g/mol. The van der Waals surface area contributed by atoms with Crippen LogP contribution in [-0.4, -0.2) is 47.8 Å². The molecule has 0 aliphatic heterocycles. The molecule has 0 saturated heterocycles. The predicted octanol–water partition coefficient (Wildman–Crippen LogP) is 2.39. The molecule has 2 aliphatic rings. The van der Waals surface area contributed by atoms with E-state index in [9.17, 15) is 5.11 Å². The minimum absolute atomic E-state index is 0.00674. The summed E-state index contributed by atoms with van der Waals surface area (Å²) in [7, 11) is 0. The van der Waals surface area contributed by atoms with Crippen molar-refractivity contribution in [1.82, 2.24) is 10.2 Å². The van der Waals surface area contributed by atoms with Gasteiger partial charge in [0.2, 0.25) is 0 Å². The molecule has 0 amide bonds. The lowest BCUT2D eigenvalue weighted by atomic mass is 9.78. The fourth-order valence-electron chi connectivity index (χ4n) is 3.72. The number of aliphatic hydroxyl groups excluding tert-OH is 1. The van der Waals surface area contributed by atoms with E-state index in [1.54, 1.807) is 0 Å². The Balaban J connectivity index is 1.95. The highest BCUT2D eigenvalue weighted by Crippen LogP contribution is 2.35. The fraction of sp³-hybridized carbons (Fsp3) is 1.00. The first-order valence-corrected chi connectivity index (χ1v) is 8.33. The predicted molar refractivity (Wildman–Crippen MR) is 80.3 cm³/mol. The van der Waals surface area contributed by atoms with Crippen LogP contribution < -0.4 is 5.32 Å². The van der Waals surface area contributed by atoms with Crippen molar-refractivity contribution in [3.05, 3.63) is 0 Å². The van der Waals surface area contributed by atoms with Gasteiger partial charge in [0.1, 0.15) is 0 Å². The van der Waals surface area contributed by atoms with Crippen LogP contribution in [0.5, 0.6) is 0 Å². The second-order valence-electron chi connectivity index (χ2n) is 6.66. The summed E-state index contributed by atoms with van der Waals surface area (Å²) in [6, 6.07) is 0.681. The van der Waals surface area contributed by atoms with E-state index in [0.29, 0.717) is 12.6 Å². The molecule has 2 fully saturated rings. The average Bonchev–Trinajstić information content (AvgIpc) is 3.23. The Labute approximate surface area is 118 Å². The molecule has 2 unspecified atom stereocenters. The highest BCUT2D eigenvalue weighted by atomic mass is 16.3. The number of nitrogens with one attached hydrogen (secondary N) is 1. The van der Waals surface area contributed by atoms with Gasteiger partial charge in [-0.15, -0.1) is 0 Å². The summed E-state index contributed by atoms with van der Waals surface area (Å²) < 4.78 is 0. The van der Waals surface area contributed by atoms with Crippen molar-refractivity contribution in [3.8, 4) is 0 Å². The normalized spacial score (nSPS) is 31.9. The van der Waals surface area contributed by atoms with Crippen molar-refractivity contribution in [2.75, 3.05) is 26.2 Å². The lowest BCUT2D eigenvalue weighted by molar-refractivity contribution is 0.0579. The summed E-state index contributed by atoms with van der Waals surface area (Å²) in [6.07, 6.45) is 8.96. The van der Waals surface area contributed by atoms with E-state index >= 15 is 0 Å². The van der Waals surface area contributed by atoms with Crippen molar-refractivity contribution in [1.29, 1.82) is 0 Å². The molecule has 0 heterocycles. The van der Waals surface area contributed by atoms with Crippen LogP contribution >= 0.6 is 0 Å². The Bertz CT molecular complexity index is 263. The van der Waals surface area contributed by atoms with Gasteiger partial charge in [-0.1, -0.05) is 13.8 Å². The van der Waals surface area contributed by atoms with Gasteiger partial charge >= 0.3 is 0 Å². The summed E-state index contributed by atoms with van der Waals surface area (Å²) in [5.41, 5.74) is -0.00674. The molecule has 19 heavy (non-hydrogen) atoms. The lowest BCUT2D eigenvalue weighted by Gasteiger charge is -2.44. The Morgan fingerprint density at radius 1 is 1.26 bits per heavy atom. The van der Waals surface area contributed by atoms with Crippen LogP contribution in [0.2, 0.25) is 0 Å². The van der Waals surface area contributed by atoms with Crippen LogP contribution in [0.25, 0.3) is 0 Å². The molecule has 112 valence electrons. The molecule has 3 nitrogen and oxygen atoms in total. The van der Waals surface area contributed by atoms with E-state index in [1.165, 1.54) is 45.2 Å². The van der Waals surface area contributed by atoms with Crippen LogP contribution in [0.1, 0.15) is 58.8 Å². The summed E-state index contributed by atoms with van der Waals surface area (Å²) >= 11 is 0. The number of nitrogens with zero attached hydrogens (tertiary/aromatic N) is 1. The summed E-state index contributed by atoms with van der Waals surface area (Å²) in [5.74, 6) is 0.969. The second kappa shape index (κ2) is 7.05. The van der Waals surface area contributed by atoms with Gasteiger partial charge in [-0.3, -0.25) is 0 Å². The standard InChI is InChI=1S/C16H32N2O/c1-3-10-18(12-14-7-8-14)15-6-5-9-16(11-15,13-19)17-4-2/h14-15,17,19H,3-13H2,1-2H3. The monoisotopic (exact) mass is 268 g/mol. The third-order valence-electron chi connectivity index (χ3n) is 4.89. The van der Waals surface area contributed by atoms with Crippen molar-refractivity contribution in [2.24, 2.45) is 5.92 Å². The largest absolute Gasteiger partial charge is 0.394 e. The van der Waals surface area contributed by atoms with Gasteiger partial charge in [-0.05, 0) is 64.0 Å². The maximum atomic E-state index is 9.82. The first-order valence-electron chi connectivity index (χ1n) is 8.33. The number of aliphatic hydroxyl groups is 1. The zero-order chi connectivity index (χ0) is 13.7. The van der Waals surface area contributed by atoms with E-state index in [4.69, 9.17) is 0 Å². The van der Waals surface area contributed by atoms with E-state index in [0.717, 1.165) is 25.3 Å². The Kier molecular flexibility index (Phi) is 5.67. The molecule has 0 bridgehead atoms. The lowest BCUT2D eigenvalue weighted by Crippen LogP contribution is -2.56. The molecule has 0 aromatic carbocycles. The zero-order valence-electron chi connectivity index (χ0n) is 12.8. The van der Waals surface area contributed by atoms with Gasteiger partial charge < -0.3 is 15.3 Å². The van der Waals surface area contributed by atoms with Crippen LogP contribution in [0.4, 0.5) is 0 Å². The SMILES string of the molecule is CCCN(CC1CC1)C1CCCC(CO)(NCC)C1. The number of rotatable bonds is 8. The average molecular weight is 268 g/mol. The maximum absolute atomic E-state index is 9.82. The maximum Gasteiger partial charge on any atom is 0.0613 e. The minimum atomic E-state index is -0.00674. The first kappa shape index (κ1) is 15.3. The van der Waals surface area contributed by atoms with Gasteiger partial charge in [0.15, 0.2) is 0 Å². The van der Waals surface area contributed by atoms with E-state index < -0.39 is 0 Å². The summed E-state index contributed by atoms with van der Waals surface area (Å²) in [6.45, 7) is 8.21. The van der Waals surface area contributed by atoms with Gasteiger partial charge in [0, 0.05) is 18.1 Å². The molecule has 0 radical (unpaired) electrons. The third kappa shape index (κ3) is 4.17. The minimum Gasteiger partial charge on any atom is -0.394 e. The smallest absolute Gasteiger partial charge is 0.0613 e. The number of likely N-dealkylation sites (N-methyl/N-ethyl adjacent to an activating group) is 1. The molecule has 3 heteroatoms. The number of hydrogen-bond donors (Lipinski definition) is 2. The van der Waals surface area contributed by atoms with E-state index in [-0.39, 0.29) is 5.54 Å².